The number of nitrogens with zero attached hydrogens (tertiary/aromatic N) is 2. The van der Waals surface area contributed by atoms with Gasteiger partial charge in [0.1, 0.15) is 0 Å². The van der Waals surface area contributed by atoms with Gasteiger partial charge in [0.05, 0.1) is 12.0 Å². The Labute approximate surface area is 160 Å². The molecule has 2 fully saturated rings. The zero-order valence-corrected chi connectivity index (χ0v) is 16.6. The summed E-state index contributed by atoms with van der Waals surface area (Å²) in [6.45, 7) is 6.77. The number of urea groups is 1. The Morgan fingerprint density at radius 1 is 1.23 bits per heavy atom. The van der Waals surface area contributed by atoms with E-state index in [4.69, 9.17) is 0 Å². The number of amides is 3. The van der Waals surface area contributed by atoms with Gasteiger partial charge in [0.15, 0.2) is 0 Å². The van der Waals surface area contributed by atoms with E-state index in [1.54, 1.807) is 0 Å². The van der Waals surface area contributed by atoms with Gasteiger partial charge in [-0.1, -0.05) is 29.8 Å². The summed E-state index contributed by atoms with van der Waals surface area (Å²) in [7, 11) is 0. The van der Waals surface area contributed by atoms with Gasteiger partial charge in [-0.05, 0) is 32.3 Å². The first kappa shape index (κ1) is 19.1. The molecule has 3 amide bonds. The summed E-state index contributed by atoms with van der Waals surface area (Å²) in [5, 5.41) is 2.93. The fraction of sp³-hybridized carbons (Fsp3) is 0.600. The first-order valence-corrected chi connectivity index (χ1v) is 10.7. The molecule has 2 atom stereocenters. The number of benzene rings is 1. The number of aryl methyl sites for hydroxylation is 1. The molecule has 2 aliphatic heterocycles. The molecule has 0 aliphatic carbocycles. The van der Waals surface area contributed by atoms with Crippen LogP contribution in [0.15, 0.2) is 24.3 Å². The highest BCUT2D eigenvalue weighted by Gasteiger charge is 2.37. The first-order valence-electron chi connectivity index (χ1n) is 9.57. The van der Waals surface area contributed by atoms with Crippen LogP contribution in [-0.2, 0) is 4.79 Å². The van der Waals surface area contributed by atoms with E-state index in [0.29, 0.717) is 13.1 Å². The average Bonchev–Trinajstić information content (AvgIpc) is 2.68. The van der Waals surface area contributed by atoms with Gasteiger partial charge in [-0.15, -0.1) is 0 Å². The molecule has 0 spiro atoms. The molecular weight excluding hydrogens is 346 g/mol. The lowest BCUT2D eigenvalue weighted by Crippen LogP contribution is -2.51. The van der Waals surface area contributed by atoms with Gasteiger partial charge < -0.3 is 15.1 Å². The maximum Gasteiger partial charge on any atom is 0.317 e. The van der Waals surface area contributed by atoms with Gasteiger partial charge in [-0.2, -0.15) is 11.8 Å². The number of piperidine rings is 1. The van der Waals surface area contributed by atoms with Gasteiger partial charge in [0.2, 0.25) is 5.91 Å². The molecule has 5 nitrogen and oxygen atoms in total. The van der Waals surface area contributed by atoms with Crippen LogP contribution >= 0.6 is 11.8 Å². The van der Waals surface area contributed by atoms with Crippen LogP contribution < -0.4 is 5.32 Å². The molecule has 26 heavy (non-hydrogen) atoms. The Morgan fingerprint density at radius 3 is 2.69 bits per heavy atom. The molecule has 2 saturated heterocycles. The maximum atomic E-state index is 12.9. The summed E-state index contributed by atoms with van der Waals surface area (Å²) in [5.74, 6) is 2.18. The summed E-state index contributed by atoms with van der Waals surface area (Å²) in [6, 6.07) is 8.34. The van der Waals surface area contributed by atoms with Crippen molar-refractivity contribution in [2.24, 2.45) is 5.92 Å². The smallest absolute Gasteiger partial charge is 0.317 e. The standard InChI is InChI=1S/C20H29N3O2S/c1-3-21-20(25)23-14-17(19(24)22-9-11-26-12-10-22)7-8-18(23)16-6-4-5-15(2)13-16/h4-6,13,17-18H,3,7-12,14H2,1-2H3,(H,21,25)/t17-,18-/m0/s1. The third-order valence-electron chi connectivity index (χ3n) is 5.27. The van der Waals surface area contributed by atoms with E-state index in [1.807, 2.05) is 34.6 Å². The fourth-order valence-corrected chi connectivity index (χ4v) is 4.82. The second-order valence-electron chi connectivity index (χ2n) is 7.13. The molecule has 0 bridgehead atoms. The number of carbonyl (C=O) groups is 2. The summed E-state index contributed by atoms with van der Waals surface area (Å²) < 4.78 is 0. The monoisotopic (exact) mass is 375 g/mol. The van der Waals surface area contributed by atoms with Crippen LogP contribution in [-0.4, -0.2) is 59.4 Å². The average molecular weight is 376 g/mol. The second-order valence-corrected chi connectivity index (χ2v) is 8.35. The molecule has 2 heterocycles. The SMILES string of the molecule is CCNC(=O)N1C[C@@H](C(=O)N2CCSCC2)CC[C@H]1c1cccc(C)c1. The minimum atomic E-state index is -0.0817. The van der Waals surface area contributed by atoms with Crippen molar-refractivity contribution < 1.29 is 9.59 Å². The van der Waals surface area contributed by atoms with Crippen molar-refractivity contribution in [3.63, 3.8) is 0 Å². The van der Waals surface area contributed by atoms with Crippen molar-refractivity contribution in [1.29, 1.82) is 0 Å². The fourth-order valence-electron chi connectivity index (χ4n) is 3.92. The summed E-state index contributed by atoms with van der Waals surface area (Å²) in [5.41, 5.74) is 2.36. The van der Waals surface area contributed by atoms with Crippen LogP contribution in [0.4, 0.5) is 4.79 Å². The number of likely N-dealkylation sites (tertiary alicyclic amines) is 1. The van der Waals surface area contributed by atoms with E-state index in [9.17, 15) is 9.59 Å². The third-order valence-corrected chi connectivity index (χ3v) is 6.21. The van der Waals surface area contributed by atoms with Crippen LogP contribution in [0.25, 0.3) is 0 Å². The molecule has 1 N–H and O–H groups in total. The van der Waals surface area contributed by atoms with Gasteiger partial charge in [-0.25, -0.2) is 4.79 Å². The van der Waals surface area contributed by atoms with Crippen molar-refractivity contribution in [2.75, 3.05) is 37.7 Å². The number of nitrogens with one attached hydrogen (secondary N) is 1. The minimum absolute atomic E-state index is 0.0439. The number of hydrogen-bond donors (Lipinski definition) is 1. The molecule has 0 radical (unpaired) electrons. The van der Waals surface area contributed by atoms with Crippen LogP contribution in [0.1, 0.15) is 36.9 Å². The van der Waals surface area contributed by atoms with Gasteiger partial charge in [-0.3, -0.25) is 4.79 Å². The first-order chi connectivity index (χ1) is 12.6. The molecule has 0 aromatic heterocycles. The van der Waals surface area contributed by atoms with Crippen molar-refractivity contribution >= 4 is 23.7 Å². The normalized spacial score (nSPS) is 23.6. The molecule has 6 heteroatoms. The third kappa shape index (κ3) is 4.34. The topological polar surface area (TPSA) is 52.7 Å². The van der Waals surface area contributed by atoms with E-state index in [2.05, 4.69) is 30.4 Å². The van der Waals surface area contributed by atoms with Crippen LogP contribution in [0, 0.1) is 12.8 Å². The number of thioether (sulfide) groups is 1. The zero-order valence-electron chi connectivity index (χ0n) is 15.7. The molecule has 1 aromatic carbocycles. The minimum Gasteiger partial charge on any atom is -0.341 e. The van der Waals surface area contributed by atoms with Crippen molar-refractivity contribution in [3.05, 3.63) is 35.4 Å². The highest BCUT2D eigenvalue weighted by molar-refractivity contribution is 7.99. The quantitative estimate of drug-likeness (QED) is 0.883. The van der Waals surface area contributed by atoms with Crippen molar-refractivity contribution in [2.45, 2.75) is 32.7 Å². The Kier molecular flexibility index (Phi) is 6.46. The van der Waals surface area contributed by atoms with Crippen LogP contribution in [0.3, 0.4) is 0 Å². The second kappa shape index (κ2) is 8.80. The lowest BCUT2D eigenvalue weighted by Gasteiger charge is -2.41. The molecule has 2 aliphatic rings. The Bertz CT molecular complexity index is 646. The van der Waals surface area contributed by atoms with E-state index < -0.39 is 0 Å². The van der Waals surface area contributed by atoms with Crippen LogP contribution in [0.2, 0.25) is 0 Å². The lowest BCUT2D eigenvalue weighted by atomic mass is 9.88. The lowest BCUT2D eigenvalue weighted by molar-refractivity contribution is -0.137. The maximum absolute atomic E-state index is 12.9. The van der Waals surface area contributed by atoms with E-state index in [0.717, 1.165) is 43.0 Å². The van der Waals surface area contributed by atoms with E-state index >= 15 is 0 Å². The molecule has 3 rings (SSSR count). The van der Waals surface area contributed by atoms with E-state index in [1.165, 1.54) is 5.56 Å². The predicted molar refractivity (Wildman–Crippen MR) is 106 cm³/mol. The zero-order chi connectivity index (χ0) is 18.5. The highest BCUT2D eigenvalue weighted by atomic mass is 32.2. The molecule has 142 valence electrons. The van der Waals surface area contributed by atoms with Crippen molar-refractivity contribution in [1.82, 2.24) is 15.1 Å². The largest absolute Gasteiger partial charge is 0.341 e. The summed E-state index contributed by atoms with van der Waals surface area (Å²) in [6.07, 6.45) is 1.68. The number of carbonyl (C=O) groups excluding carboxylic acids is 2. The van der Waals surface area contributed by atoms with Gasteiger partial charge in [0, 0.05) is 37.7 Å². The molecule has 1 aromatic rings. The summed E-state index contributed by atoms with van der Waals surface area (Å²) in [4.78, 5) is 29.5. The predicted octanol–water partition coefficient (Wildman–Crippen LogP) is 3.05. The van der Waals surface area contributed by atoms with Gasteiger partial charge in [0.25, 0.3) is 0 Å². The van der Waals surface area contributed by atoms with Crippen LogP contribution in [0.5, 0.6) is 0 Å². The Balaban J connectivity index is 1.76. The molecule has 0 unspecified atom stereocenters. The Morgan fingerprint density at radius 2 is 2.00 bits per heavy atom. The van der Waals surface area contributed by atoms with Crippen molar-refractivity contribution in [3.8, 4) is 0 Å². The number of rotatable bonds is 3. The van der Waals surface area contributed by atoms with E-state index in [-0.39, 0.29) is 23.9 Å². The Hall–Kier alpha value is -1.69. The molecule has 0 saturated carbocycles. The molecular formula is C20H29N3O2S. The summed E-state index contributed by atoms with van der Waals surface area (Å²) >= 11 is 1.91. The van der Waals surface area contributed by atoms with Gasteiger partial charge >= 0.3 is 6.03 Å². The highest BCUT2D eigenvalue weighted by Crippen LogP contribution is 2.34. The number of hydrogen-bond acceptors (Lipinski definition) is 3.